The molecule has 5 nitrogen and oxygen atoms in total. The van der Waals surface area contributed by atoms with Crippen molar-refractivity contribution in [3.8, 4) is 0 Å². The van der Waals surface area contributed by atoms with E-state index in [1.54, 1.807) is 0 Å². The Hall–Kier alpha value is -1.20. The smallest absolute Gasteiger partial charge is 0.308 e. The molecular formula is C25H42O5. The molecule has 7 unspecified atom stereocenters. The zero-order valence-electron chi connectivity index (χ0n) is 19.4. The van der Waals surface area contributed by atoms with Crippen molar-refractivity contribution in [2.24, 2.45) is 17.8 Å². The number of rotatable bonds is 2. The Kier molecular flexibility index (Phi) is 10.0. The molecule has 30 heavy (non-hydrogen) atoms. The summed E-state index contributed by atoms with van der Waals surface area (Å²) >= 11 is 0. The number of carbonyl (C=O) groups excluding carboxylic acids is 2. The molecule has 2 rings (SSSR count). The minimum Gasteiger partial charge on any atom is -0.462 e. The van der Waals surface area contributed by atoms with Gasteiger partial charge in [-0.25, -0.2) is 0 Å². The van der Waals surface area contributed by atoms with Gasteiger partial charge in [0.05, 0.1) is 18.1 Å². The van der Waals surface area contributed by atoms with Crippen molar-refractivity contribution >= 4 is 11.8 Å². The Labute approximate surface area is 182 Å². The fraction of sp³-hybridized carbons (Fsp3) is 0.840. The molecule has 172 valence electrons. The third-order valence-corrected chi connectivity index (χ3v) is 6.72. The largest absolute Gasteiger partial charge is 0.462 e. The second-order valence-corrected chi connectivity index (χ2v) is 9.76. The van der Waals surface area contributed by atoms with Crippen LogP contribution < -0.4 is 0 Å². The van der Waals surface area contributed by atoms with Crippen LogP contribution >= 0.6 is 0 Å². The van der Waals surface area contributed by atoms with Gasteiger partial charge < -0.3 is 14.6 Å². The van der Waals surface area contributed by atoms with E-state index < -0.39 is 6.10 Å². The summed E-state index contributed by atoms with van der Waals surface area (Å²) in [7, 11) is 0. The Balaban J connectivity index is 2.09. The molecule has 0 spiro atoms. The molecule has 1 N–H and O–H groups in total. The molecule has 2 heterocycles. The maximum Gasteiger partial charge on any atom is 0.308 e. The number of ether oxygens (including phenoxy) is 2. The molecule has 0 aromatic heterocycles. The summed E-state index contributed by atoms with van der Waals surface area (Å²) in [6.45, 7) is 12.2. The van der Waals surface area contributed by atoms with Gasteiger partial charge in [-0.2, -0.15) is 0 Å². The van der Waals surface area contributed by atoms with E-state index in [4.69, 9.17) is 9.47 Å². The second kappa shape index (κ2) is 12.0. The van der Waals surface area contributed by atoms with Crippen LogP contribution in [0, 0.1) is 17.8 Å². The van der Waals surface area contributed by atoms with Gasteiger partial charge in [-0.05, 0) is 38.0 Å². The molecule has 0 aliphatic carbocycles. The molecule has 2 aliphatic heterocycles. The number of hydrogen-bond donors (Lipinski definition) is 1. The standard InChI is InChI=1S/C25H42O5/c1-6-9-20-13-16(2)12-19(5)24(27)22(26)15-21-14-18(4)23(29-21)11-8-7-10-17(3)25(28)30-20/h17-23,26H,2,6-15H2,1,3-5H3. The zero-order chi connectivity index (χ0) is 22.3. The molecular weight excluding hydrogens is 380 g/mol. The predicted molar refractivity (Wildman–Crippen MR) is 118 cm³/mol. The zero-order valence-corrected chi connectivity index (χ0v) is 19.4. The van der Waals surface area contributed by atoms with Crippen molar-refractivity contribution in [1.29, 1.82) is 0 Å². The highest BCUT2D eigenvalue weighted by atomic mass is 16.5. The van der Waals surface area contributed by atoms with E-state index in [-0.39, 0.29) is 41.9 Å². The molecule has 2 bridgehead atoms. The first-order chi connectivity index (χ1) is 14.2. The van der Waals surface area contributed by atoms with Gasteiger partial charge in [0.2, 0.25) is 0 Å². The Morgan fingerprint density at radius 2 is 1.73 bits per heavy atom. The first-order valence-electron chi connectivity index (χ1n) is 12.0. The highest BCUT2D eigenvalue weighted by molar-refractivity contribution is 5.85. The van der Waals surface area contributed by atoms with Crippen LogP contribution in [0.4, 0.5) is 0 Å². The van der Waals surface area contributed by atoms with Crippen LogP contribution in [-0.4, -0.2) is 41.3 Å². The SMILES string of the molecule is C=C1CC(CCC)OC(=O)C(C)CCCCC2OC(CC(O)C(=O)C(C)C1)CC2C. The minimum atomic E-state index is -0.993. The number of Topliss-reactive ketones (excluding diaryl/α,β-unsaturated/α-hetero) is 1. The van der Waals surface area contributed by atoms with Crippen LogP contribution in [0.25, 0.3) is 0 Å². The maximum atomic E-state index is 12.7. The van der Waals surface area contributed by atoms with Crippen LogP contribution in [0.2, 0.25) is 0 Å². The number of carbonyl (C=O) groups is 2. The third-order valence-electron chi connectivity index (χ3n) is 6.72. The molecule has 0 amide bonds. The number of hydrogen-bond acceptors (Lipinski definition) is 5. The number of aliphatic hydroxyl groups excluding tert-OH is 1. The number of esters is 1. The Morgan fingerprint density at radius 3 is 2.43 bits per heavy atom. The molecule has 0 aromatic rings. The van der Waals surface area contributed by atoms with Crippen LogP contribution in [-0.2, 0) is 19.1 Å². The molecule has 0 saturated carbocycles. The number of aliphatic hydroxyl groups is 1. The van der Waals surface area contributed by atoms with Crippen LogP contribution in [0.3, 0.4) is 0 Å². The van der Waals surface area contributed by atoms with Gasteiger partial charge in [0.1, 0.15) is 12.2 Å². The molecule has 0 aromatic carbocycles. The van der Waals surface area contributed by atoms with Gasteiger partial charge in [-0.1, -0.05) is 59.1 Å². The quantitative estimate of drug-likeness (QED) is 0.501. The summed E-state index contributed by atoms with van der Waals surface area (Å²) < 4.78 is 12.0. The summed E-state index contributed by atoms with van der Waals surface area (Å²) in [5, 5.41) is 10.5. The molecule has 2 fully saturated rings. The monoisotopic (exact) mass is 422 g/mol. The molecule has 5 heteroatoms. The van der Waals surface area contributed by atoms with E-state index in [0.29, 0.717) is 25.2 Å². The van der Waals surface area contributed by atoms with Crippen LogP contribution in [0.15, 0.2) is 12.2 Å². The van der Waals surface area contributed by atoms with E-state index in [1.807, 2.05) is 13.8 Å². The summed E-state index contributed by atoms with van der Waals surface area (Å²) in [6, 6.07) is 0. The van der Waals surface area contributed by atoms with E-state index in [9.17, 15) is 14.7 Å². The normalized spacial score (nSPS) is 38.0. The summed E-state index contributed by atoms with van der Waals surface area (Å²) in [4.78, 5) is 25.3. The van der Waals surface area contributed by atoms with Crippen LogP contribution in [0.5, 0.6) is 0 Å². The van der Waals surface area contributed by atoms with Gasteiger partial charge in [-0.3, -0.25) is 9.59 Å². The Bertz CT molecular complexity index is 586. The van der Waals surface area contributed by atoms with E-state index in [1.165, 1.54) is 0 Å². The van der Waals surface area contributed by atoms with Gasteiger partial charge in [0.15, 0.2) is 5.78 Å². The number of fused-ring (bicyclic) bond motifs is 2. The lowest BCUT2D eigenvalue weighted by molar-refractivity contribution is -0.154. The molecule has 2 saturated heterocycles. The summed E-state index contributed by atoms with van der Waals surface area (Å²) in [6.07, 6.45) is 6.76. The topological polar surface area (TPSA) is 72.8 Å². The molecule has 7 atom stereocenters. The van der Waals surface area contributed by atoms with Crippen molar-refractivity contribution in [3.05, 3.63) is 12.2 Å². The average molecular weight is 423 g/mol. The van der Waals surface area contributed by atoms with Gasteiger partial charge in [0.25, 0.3) is 0 Å². The van der Waals surface area contributed by atoms with Crippen molar-refractivity contribution in [2.45, 2.75) is 116 Å². The lowest BCUT2D eigenvalue weighted by atomic mass is 9.89. The Morgan fingerprint density at radius 1 is 1.03 bits per heavy atom. The minimum absolute atomic E-state index is 0.0546. The van der Waals surface area contributed by atoms with Gasteiger partial charge >= 0.3 is 5.97 Å². The van der Waals surface area contributed by atoms with Gasteiger partial charge in [0, 0.05) is 18.8 Å². The van der Waals surface area contributed by atoms with Crippen molar-refractivity contribution in [2.75, 3.05) is 0 Å². The first-order valence-corrected chi connectivity index (χ1v) is 12.0. The fourth-order valence-electron chi connectivity index (χ4n) is 4.86. The maximum absolute atomic E-state index is 12.7. The van der Waals surface area contributed by atoms with Gasteiger partial charge in [-0.15, -0.1) is 0 Å². The van der Waals surface area contributed by atoms with E-state index >= 15 is 0 Å². The number of ketones is 1. The van der Waals surface area contributed by atoms with E-state index in [0.717, 1.165) is 50.5 Å². The average Bonchev–Trinajstić information content (AvgIpc) is 3.02. The molecule has 2 aliphatic rings. The fourth-order valence-corrected chi connectivity index (χ4v) is 4.86. The van der Waals surface area contributed by atoms with E-state index in [2.05, 4.69) is 20.4 Å². The van der Waals surface area contributed by atoms with Crippen molar-refractivity contribution < 1.29 is 24.2 Å². The van der Waals surface area contributed by atoms with Crippen molar-refractivity contribution in [3.63, 3.8) is 0 Å². The summed E-state index contributed by atoms with van der Waals surface area (Å²) in [5.74, 6) is -0.268. The highest BCUT2D eigenvalue weighted by Crippen LogP contribution is 2.33. The highest BCUT2D eigenvalue weighted by Gasteiger charge is 2.35. The molecule has 0 radical (unpaired) electrons. The first kappa shape index (κ1) is 25.1. The predicted octanol–water partition coefficient (Wildman–Crippen LogP) is 4.99. The lowest BCUT2D eigenvalue weighted by Gasteiger charge is -2.23. The number of cyclic esters (lactones) is 1. The summed E-state index contributed by atoms with van der Waals surface area (Å²) in [5.41, 5.74) is 0.897. The van der Waals surface area contributed by atoms with Crippen LogP contribution in [0.1, 0.15) is 91.9 Å². The van der Waals surface area contributed by atoms with Crippen molar-refractivity contribution in [1.82, 2.24) is 0 Å². The second-order valence-electron chi connectivity index (χ2n) is 9.76. The lowest BCUT2D eigenvalue weighted by Crippen LogP contribution is -2.31. The third kappa shape index (κ3) is 7.49.